The van der Waals surface area contributed by atoms with Crippen molar-refractivity contribution in [3.63, 3.8) is 0 Å². The summed E-state index contributed by atoms with van der Waals surface area (Å²) in [5.74, 6) is 2.69. The fourth-order valence-corrected chi connectivity index (χ4v) is 12.7. The number of esters is 1. The summed E-state index contributed by atoms with van der Waals surface area (Å²) in [6.45, 7) is 13.6. The maximum absolute atomic E-state index is 12.7. The molecule has 7 nitrogen and oxygen atoms in total. The van der Waals surface area contributed by atoms with Crippen molar-refractivity contribution in [1.29, 1.82) is 0 Å². The summed E-state index contributed by atoms with van der Waals surface area (Å²) in [6, 6.07) is 0. The molecule has 2 spiro atoms. The van der Waals surface area contributed by atoms with Gasteiger partial charge in [0.05, 0.1) is 36.4 Å². The van der Waals surface area contributed by atoms with Gasteiger partial charge in [-0.3, -0.25) is 4.79 Å². The van der Waals surface area contributed by atoms with E-state index < -0.39 is 11.7 Å². The van der Waals surface area contributed by atoms with E-state index in [1.807, 2.05) is 0 Å². The highest BCUT2D eigenvalue weighted by atomic mass is 16.7. The fraction of sp³-hybridized carbons (Fsp3) is 0.972. The summed E-state index contributed by atoms with van der Waals surface area (Å²) < 4.78 is 25.6. The largest absolute Gasteiger partial charge is 0.456 e. The lowest BCUT2D eigenvalue weighted by atomic mass is 9.46. The smallest absolute Gasteiger partial charge is 0.309 e. The van der Waals surface area contributed by atoms with Crippen LogP contribution in [0.5, 0.6) is 0 Å². The fourth-order valence-electron chi connectivity index (χ4n) is 12.7. The molecule has 43 heavy (non-hydrogen) atoms. The SMILES string of the molecule is CC12CCC34C[C@@]35CC[C@H](OC3CNCCO3)C(C)(C)C5CCC4C1CC1OC([C@H](OC(=O)C3CC3)C(C)(C)O)CCC12. The highest BCUT2D eigenvalue weighted by Crippen LogP contribution is 2.87. The molecule has 2 heterocycles. The minimum absolute atomic E-state index is 0.0239. The van der Waals surface area contributed by atoms with E-state index in [4.69, 9.17) is 18.9 Å². The van der Waals surface area contributed by atoms with E-state index in [0.717, 1.165) is 70.1 Å². The lowest BCUT2D eigenvalue weighted by Crippen LogP contribution is -2.56. The Balaban J connectivity index is 0.987. The summed E-state index contributed by atoms with van der Waals surface area (Å²) in [6.07, 6.45) is 13.8. The minimum atomic E-state index is -1.12. The average molecular weight is 600 g/mol. The van der Waals surface area contributed by atoms with Crippen molar-refractivity contribution in [3.8, 4) is 0 Å². The number of morpholine rings is 1. The van der Waals surface area contributed by atoms with Crippen molar-refractivity contribution < 1.29 is 28.8 Å². The van der Waals surface area contributed by atoms with Gasteiger partial charge in [-0.25, -0.2) is 0 Å². The topological polar surface area (TPSA) is 86.3 Å². The first-order valence-corrected chi connectivity index (χ1v) is 18.0. The average Bonchev–Trinajstić information content (AvgIpc) is 3.88. The number of fused-ring (bicyclic) bond motifs is 4. The number of hydrogen-bond acceptors (Lipinski definition) is 7. The third kappa shape index (κ3) is 4.40. The van der Waals surface area contributed by atoms with Crippen LogP contribution in [0.1, 0.15) is 112 Å². The zero-order valence-corrected chi connectivity index (χ0v) is 27.4. The predicted octanol–water partition coefficient (Wildman–Crippen LogP) is 5.62. The van der Waals surface area contributed by atoms with Crippen LogP contribution in [0.2, 0.25) is 0 Å². The second-order valence-corrected chi connectivity index (χ2v) is 17.7. The van der Waals surface area contributed by atoms with Crippen LogP contribution in [0.15, 0.2) is 0 Å². The Morgan fingerprint density at radius 1 is 0.953 bits per heavy atom. The maximum atomic E-state index is 12.7. The number of ether oxygens (including phenoxy) is 4. The number of carbonyl (C=O) groups is 1. The molecule has 242 valence electrons. The molecule has 6 aliphatic carbocycles. The molecule has 8 aliphatic rings. The van der Waals surface area contributed by atoms with Gasteiger partial charge in [-0.05, 0) is 136 Å². The molecule has 0 aromatic rings. The van der Waals surface area contributed by atoms with Gasteiger partial charge in [0.2, 0.25) is 0 Å². The molecule has 7 heteroatoms. The highest BCUT2D eigenvalue weighted by molar-refractivity contribution is 5.75. The van der Waals surface area contributed by atoms with Crippen LogP contribution in [0.4, 0.5) is 0 Å². The van der Waals surface area contributed by atoms with Crippen molar-refractivity contribution in [2.24, 2.45) is 51.2 Å². The Hall–Kier alpha value is -0.730. The van der Waals surface area contributed by atoms with E-state index in [9.17, 15) is 9.90 Å². The molecule has 8 fully saturated rings. The van der Waals surface area contributed by atoms with Gasteiger partial charge in [-0.15, -0.1) is 0 Å². The third-order valence-corrected chi connectivity index (χ3v) is 15.0. The van der Waals surface area contributed by atoms with Crippen LogP contribution in [0.3, 0.4) is 0 Å². The Bertz CT molecular complexity index is 1110. The summed E-state index contributed by atoms with van der Waals surface area (Å²) in [5.41, 5.74) is 0.381. The third-order valence-electron chi connectivity index (χ3n) is 15.0. The second kappa shape index (κ2) is 9.89. The molecule has 12 atom stereocenters. The Morgan fingerprint density at radius 2 is 1.74 bits per heavy atom. The Morgan fingerprint density at radius 3 is 2.47 bits per heavy atom. The molecule has 0 radical (unpaired) electrons. The van der Waals surface area contributed by atoms with Gasteiger partial charge in [0.15, 0.2) is 12.4 Å². The van der Waals surface area contributed by atoms with E-state index in [1.165, 1.54) is 38.5 Å². The number of hydrogen-bond donors (Lipinski definition) is 2. The molecule has 2 aliphatic heterocycles. The molecular formula is C36H57NO6. The quantitative estimate of drug-likeness (QED) is 0.384. The Kier molecular flexibility index (Phi) is 6.82. The van der Waals surface area contributed by atoms with E-state index in [2.05, 4.69) is 26.1 Å². The maximum Gasteiger partial charge on any atom is 0.309 e. The summed E-state index contributed by atoms with van der Waals surface area (Å²) in [5, 5.41) is 14.5. The van der Waals surface area contributed by atoms with E-state index in [1.54, 1.807) is 13.8 Å². The van der Waals surface area contributed by atoms with Crippen molar-refractivity contribution in [2.45, 2.75) is 148 Å². The molecule has 0 bridgehead atoms. The van der Waals surface area contributed by atoms with Crippen molar-refractivity contribution >= 4 is 5.97 Å². The molecule has 0 amide bonds. The molecule has 8 rings (SSSR count). The summed E-state index contributed by atoms with van der Waals surface area (Å²) >= 11 is 0. The Labute approximate surface area is 258 Å². The van der Waals surface area contributed by atoms with E-state index >= 15 is 0 Å². The summed E-state index contributed by atoms with van der Waals surface area (Å²) in [7, 11) is 0. The van der Waals surface area contributed by atoms with Crippen molar-refractivity contribution in [3.05, 3.63) is 0 Å². The van der Waals surface area contributed by atoms with Gasteiger partial charge >= 0.3 is 5.97 Å². The van der Waals surface area contributed by atoms with Crippen LogP contribution in [0, 0.1) is 51.2 Å². The monoisotopic (exact) mass is 599 g/mol. The van der Waals surface area contributed by atoms with Gasteiger partial charge in [-0.1, -0.05) is 20.8 Å². The standard InChI is InChI=1S/C36H57NO6/c1-32(2)27-11-9-22-24-18-26-23(8-10-25(41-26)30(33(3,4)39)43-31(38)21-6-7-21)34(24,5)14-15-35(22)20-36(27,35)13-12-28(32)42-29-19-37-16-17-40-29/h21-30,37,39H,6-20H2,1-5H3/t22?,23?,24?,25?,26?,27?,28-,29?,30-,34?,35?,36+/m0/s1. The van der Waals surface area contributed by atoms with Crippen molar-refractivity contribution in [1.82, 2.24) is 5.32 Å². The van der Waals surface area contributed by atoms with Gasteiger partial charge in [0.1, 0.15) is 0 Å². The van der Waals surface area contributed by atoms with Crippen LogP contribution >= 0.6 is 0 Å². The van der Waals surface area contributed by atoms with E-state index in [0.29, 0.717) is 28.1 Å². The lowest BCUT2D eigenvalue weighted by molar-refractivity contribution is -0.232. The first-order chi connectivity index (χ1) is 20.4. The first kappa shape index (κ1) is 29.7. The lowest BCUT2D eigenvalue weighted by Gasteiger charge is -2.60. The molecule has 0 aromatic carbocycles. The number of nitrogens with one attached hydrogen (secondary N) is 1. The van der Waals surface area contributed by atoms with Gasteiger partial charge in [-0.2, -0.15) is 0 Å². The zero-order valence-electron chi connectivity index (χ0n) is 27.4. The highest BCUT2D eigenvalue weighted by Gasteiger charge is 2.80. The van der Waals surface area contributed by atoms with Gasteiger partial charge in [0.25, 0.3) is 0 Å². The summed E-state index contributed by atoms with van der Waals surface area (Å²) in [4.78, 5) is 12.7. The molecular weight excluding hydrogens is 542 g/mol. The molecule has 2 saturated heterocycles. The normalized spacial score (nSPS) is 50.7. The first-order valence-electron chi connectivity index (χ1n) is 18.0. The van der Waals surface area contributed by atoms with Gasteiger partial charge < -0.3 is 29.4 Å². The molecule has 9 unspecified atom stereocenters. The van der Waals surface area contributed by atoms with Gasteiger partial charge in [0, 0.05) is 13.1 Å². The van der Waals surface area contributed by atoms with Crippen molar-refractivity contribution in [2.75, 3.05) is 19.7 Å². The van der Waals surface area contributed by atoms with E-state index in [-0.39, 0.29) is 41.9 Å². The second-order valence-electron chi connectivity index (χ2n) is 17.7. The minimum Gasteiger partial charge on any atom is -0.456 e. The predicted molar refractivity (Wildman–Crippen MR) is 162 cm³/mol. The number of aliphatic hydroxyl groups is 1. The number of carbonyl (C=O) groups excluding carboxylic acids is 1. The number of rotatable bonds is 6. The van der Waals surface area contributed by atoms with Crippen LogP contribution < -0.4 is 5.32 Å². The molecule has 2 N–H and O–H groups in total. The van der Waals surface area contributed by atoms with Crippen LogP contribution in [-0.2, 0) is 23.7 Å². The molecule has 0 aromatic heterocycles. The van der Waals surface area contributed by atoms with Crippen LogP contribution in [-0.4, -0.2) is 67.1 Å². The zero-order chi connectivity index (χ0) is 30.0. The molecule has 6 saturated carbocycles. The van der Waals surface area contributed by atoms with Crippen LogP contribution in [0.25, 0.3) is 0 Å².